The van der Waals surface area contributed by atoms with Gasteiger partial charge < -0.3 is 20.9 Å². The Balaban J connectivity index is 1.34. The van der Waals surface area contributed by atoms with Crippen LogP contribution < -0.4 is 25.8 Å². The molecule has 0 fully saturated rings. The van der Waals surface area contributed by atoms with Crippen LogP contribution in [-0.2, 0) is 13.2 Å². The summed E-state index contributed by atoms with van der Waals surface area (Å²) in [6.45, 7) is 0.963. The summed E-state index contributed by atoms with van der Waals surface area (Å²) < 4.78 is 11.9. The molecule has 1 unspecified atom stereocenters. The molecule has 0 spiro atoms. The highest BCUT2D eigenvalue weighted by Crippen LogP contribution is 2.33. The van der Waals surface area contributed by atoms with E-state index in [-0.39, 0.29) is 11.9 Å². The van der Waals surface area contributed by atoms with E-state index in [9.17, 15) is 0 Å². The number of nitrogens with two attached hydrogens (primary N) is 2. The highest BCUT2D eigenvalue weighted by Gasteiger charge is 2.27. The molecule has 4 aromatic rings. The maximum Gasteiger partial charge on any atom is 0.221 e. The van der Waals surface area contributed by atoms with E-state index >= 15 is 0 Å². The van der Waals surface area contributed by atoms with Crippen molar-refractivity contribution in [1.82, 2.24) is 0 Å². The Kier molecular flexibility index (Phi) is 6.80. The van der Waals surface area contributed by atoms with E-state index in [4.69, 9.17) is 20.9 Å². The first-order chi connectivity index (χ1) is 17.7. The quantitative estimate of drug-likeness (QED) is 0.372. The summed E-state index contributed by atoms with van der Waals surface area (Å²) in [5, 5.41) is 0. The first-order valence-electron chi connectivity index (χ1n) is 11.7. The van der Waals surface area contributed by atoms with Crippen LogP contribution in [0, 0.1) is 0 Å². The Labute approximate surface area is 210 Å². The second-order valence-electron chi connectivity index (χ2n) is 8.32. The Morgan fingerprint density at radius 3 is 1.92 bits per heavy atom. The summed E-state index contributed by atoms with van der Waals surface area (Å²) in [6, 6.07) is 35.5. The summed E-state index contributed by atoms with van der Waals surface area (Å²) in [6.07, 6.45) is -0.487. The molecular formula is C29H27N5O2. The fraction of sp³-hybridized carbons (Fsp3) is 0.103. The number of guanidine groups is 2. The number of ether oxygens (including phenoxy) is 2. The molecule has 0 radical (unpaired) electrons. The van der Waals surface area contributed by atoms with Crippen molar-refractivity contribution >= 4 is 17.6 Å². The van der Waals surface area contributed by atoms with Crippen LogP contribution in [0.5, 0.6) is 11.5 Å². The van der Waals surface area contributed by atoms with Crippen LogP contribution in [-0.4, -0.2) is 11.9 Å². The van der Waals surface area contributed by atoms with Gasteiger partial charge in [0.25, 0.3) is 0 Å². The van der Waals surface area contributed by atoms with Crippen LogP contribution >= 0.6 is 0 Å². The van der Waals surface area contributed by atoms with Crippen molar-refractivity contribution in [3.63, 3.8) is 0 Å². The minimum Gasteiger partial charge on any atom is -0.489 e. The van der Waals surface area contributed by atoms with Crippen molar-refractivity contribution in [2.24, 2.45) is 21.5 Å². The van der Waals surface area contributed by atoms with Crippen molar-refractivity contribution in [2.45, 2.75) is 19.4 Å². The highest BCUT2D eigenvalue weighted by molar-refractivity contribution is 6.04. The molecule has 1 aliphatic heterocycles. The number of aliphatic imine (C=N–C) groups is 2. The van der Waals surface area contributed by atoms with Gasteiger partial charge in [-0.2, -0.15) is 4.99 Å². The van der Waals surface area contributed by atoms with Gasteiger partial charge in [0.15, 0.2) is 6.17 Å². The molecule has 4 N–H and O–H groups in total. The average Bonchev–Trinajstić information content (AvgIpc) is 2.92. The maximum absolute atomic E-state index is 6.33. The van der Waals surface area contributed by atoms with Crippen molar-refractivity contribution < 1.29 is 9.47 Å². The molecule has 1 heterocycles. The topological polar surface area (TPSA) is 98.5 Å². The molecule has 180 valence electrons. The van der Waals surface area contributed by atoms with Gasteiger partial charge in [-0.3, -0.25) is 4.90 Å². The lowest BCUT2D eigenvalue weighted by atomic mass is 10.1. The molecule has 0 bridgehead atoms. The summed E-state index contributed by atoms with van der Waals surface area (Å²) in [4.78, 5) is 10.6. The first-order valence-corrected chi connectivity index (χ1v) is 11.7. The van der Waals surface area contributed by atoms with Crippen molar-refractivity contribution in [1.29, 1.82) is 0 Å². The summed E-state index contributed by atoms with van der Waals surface area (Å²) >= 11 is 0. The van der Waals surface area contributed by atoms with Gasteiger partial charge in [0, 0.05) is 11.3 Å². The Morgan fingerprint density at radius 1 is 0.667 bits per heavy atom. The molecule has 7 heteroatoms. The van der Waals surface area contributed by atoms with Gasteiger partial charge in [0.05, 0.1) is 0 Å². The summed E-state index contributed by atoms with van der Waals surface area (Å²) in [5.41, 5.74) is 16.2. The number of benzene rings is 4. The minimum atomic E-state index is -0.487. The SMILES string of the molecule is NC1=NC(c2cccc(OCc3ccccc3)c2)N(c2ccc(OCc3ccccc3)cc2)C(N)=N1. The van der Waals surface area contributed by atoms with Gasteiger partial charge in [-0.05, 0) is 47.5 Å². The van der Waals surface area contributed by atoms with Gasteiger partial charge >= 0.3 is 0 Å². The van der Waals surface area contributed by atoms with Gasteiger partial charge in [0.1, 0.15) is 24.7 Å². The molecular weight excluding hydrogens is 450 g/mol. The highest BCUT2D eigenvalue weighted by atomic mass is 16.5. The number of hydrogen-bond donors (Lipinski definition) is 2. The normalized spacial score (nSPS) is 15.1. The lowest BCUT2D eigenvalue weighted by molar-refractivity contribution is 0.305. The predicted molar refractivity (Wildman–Crippen MR) is 143 cm³/mol. The zero-order valence-corrected chi connectivity index (χ0v) is 19.7. The number of rotatable bonds is 8. The van der Waals surface area contributed by atoms with Gasteiger partial charge in [0.2, 0.25) is 11.9 Å². The maximum atomic E-state index is 6.33. The smallest absolute Gasteiger partial charge is 0.221 e. The molecule has 0 amide bonds. The van der Waals surface area contributed by atoms with Crippen LogP contribution in [0.25, 0.3) is 0 Å². The minimum absolute atomic E-state index is 0.132. The van der Waals surface area contributed by atoms with Gasteiger partial charge in [-0.25, -0.2) is 4.99 Å². The molecule has 1 atom stereocenters. The third-order valence-electron chi connectivity index (χ3n) is 5.74. The van der Waals surface area contributed by atoms with E-state index in [0.29, 0.717) is 13.2 Å². The van der Waals surface area contributed by atoms with Crippen LogP contribution in [0.1, 0.15) is 22.9 Å². The lowest BCUT2D eigenvalue weighted by Crippen LogP contribution is -2.44. The van der Waals surface area contributed by atoms with E-state index in [2.05, 4.69) is 9.98 Å². The van der Waals surface area contributed by atoms with E-state index in [1.54, 1.807) is 0 Å². The summed E-state index contributed by atoms with van der Waals surface area (Å²) in [5.74, 6) is 1.88. The number of hydrogen-bond acceptors (Lipinski definition) is 7. The average molecular weight is 478 g/mol. The number of nitrogens with zero attached hydrogens (tertiary/aromatic N) is 3. The van der Waals surface area contributed by atoms with E-state index in [1.807, 2.05) is 114 Å². The molecule has 0 aliphatic carbocycles. The standard InChI is InChI=1S/C29H27N5O2/c30-28-32-27(23-12-7-13-26(18-23)36-20-22-10-5-2-6-11-22)34(29(31)33-28)24-14-16-25(17-15-24)35-19-21-8-3-1-4-9-21/h1-18,27H,19-20H2,(H4,30,31,32,33). The molecule has 0 saturated heterocycles. The monoisotopic (exact) mass is 477 g/mol. The second-order valence-corrected chi connectivity index (χ2v) is 8.32. The largest absolute Gasteiger partial charge is 0.489 e. The van der Waals surface area contributed by atoms with Crippen LogP contribution in [0.15, 0.2) is 119 Å². The lowest BCUT2D eigenvalue weighted by Gasteiger charge is -2.33. The fourth-order valence-electron chi connectivity index (χ4n) is 3.96. The zero-order valence-electron chi connectivity index (χ0n) is 19.7. The van der Waals surface area contributed by atoms with Crippen LogP contribution in [0.3, 0.4) is 0 Å². The van der Waals surface area contributed by atoms with Crippen molar-refractivity contribution in [2.75, 3.05) is 4.90 Å². The van der Waals surface area contributed by atoms with Crippen LogP contribution in [0.2, 0.25) is 0 Å². The summed E-state index contributed by atoms with van der Waals surface area (Å²) in [7, 11) is 0. The van der Waals surface area contributed by atoms with E-state index in [0.717, 1.165) is 33.9 Å². The van der Waals surface area contributed by atoms with Crippen LogP contribution in [0.4, 0.5) is 5.69 Å². The third-order valence-corrected chi connectivity index (χ3v) is 5.74. The van der Waals surface area contributed by atoms with Gasteiger partial charge in [-0.15, -0.1) is 0 Å². The first kappa shape index (κ1) is 23.0. The van der Waals surface area contributed by atoms with Crippen molar-refractivity contribution in [3.05, 3.63) is 126 Å². The third kappa shape index (κ3) is 5.47. The zero-order chi connectivity index (χ0) is 24.7. The Hall–Kier alpha value is -4.78. The molecule has 1 aliphatic rings. The number of anilines is 1. The Morgan fingerprint density at radius 2 is 1.28 bits per heavy atom. The molecule has 36 heavy (non-hydrogen) atoms. The fourth-order valence-corrected chi connectivity index (χ4v) is 3.96. The van der Waals surface area contributed by atoms with Gasteiger partial charge in [-0.1, -0.05) is 72.8 Å². The van der Waals surface area contributed by atoms with E-state index < -0.39 is 6.17 Å². The molecule has 0 saturated carbocycles. The molecule has 0 aromatic heterocycles. The molecule has 5 rings (SSSR count). The van der Waals surface area contributed by atoms with E-state index in [1.165, 1.54) is 0 Å². The Bertz CT molecular complexity index is 1360. The van der Waals surface area contributed by atoms with Crippen molar-refractivity contribution in [3.8, 4) is 11.5 Å². The predicted octanol–water partition coefficient (Wildman–Crippen LogP) is 4.99. The molecule has 7 nitrogen and oxygen atoms in total. The molecule has 4 aromatic carbocycles. The second kappa shape index (κ2) is 10.7.